The third-order valence-corrected chi connectivity index (χ3v) is 2.06. The summed E-state index contributed by atoms with van der Waals surface area (Å²) in [5.41, 5.74) is 0. The van der Waals surface area contributed by atoms with E-state index in [1.165, 1.54) is 0 Å². The lowest BCUT2D eigenvalue weighted by Crippen LogP contribution is -2.41. The lowest BCUT2D eigenvalue weighted by atomic mass is 10.7. The number of hydrogen-bond acceptors (Lipinski definition) is 2. The van der Waals surface area contributed by atoms with Gasteiger partial charge < -0.3 is 0 Å². The van der Waals surface area contributed by atoms with Crippen LogP contribution in [0.25, 0.3) is 0 Å². The van der Waals surface area contributed by atoms with Crippen LogP contribution >= 0.6 is 10.7 Å². The topological polar surface area (TPSA) is 34.1 Å². The Labute approximate surface area is 62.4 Å². The van der Waals surface area contributed by atoms with Gasteiger partial charge in [0.2, 0.25) is 0 Å². The molecule has 0 aromatic carbocycles. The molecule has 2 nitrogen and oxygen atoms in total. The SMILES string of the molecule is O=S(=O)(Cl)C(F)(F)C(F)(F)F. The molecule has 0 saturated heterocycles. The minimum atomic E-state index is -6.17. The highest BCUT2D eigenvalue weighted by atomic mass is 35.7. The van der Waals surface area contributed by atoms with E-state index in [9.17, 15) is 30.4 Å². The summed E-state index contributed by atoms with van der Waals surface area (Å²) in [6, 6.07) is 0. The van der Waals surface area contributed by atoms with E-state index in [1.54, 1.807) is 0 Å². The summed E-state index contributed by atoms with van der Waals surface area (Å²) in [5, 5.41) is -5.89. The summed E-state index contributed by atoms with van der Waals surface area (Å²) in [7, 11) is -2.13. The molecule has 0 unspecified atom stereocenters. The predicted molar refractivity (Wildman–Crippen MR) is 25.8 cm³/mol. The van der Waals surface area contributed by atoms with Crippen LogP contribution in [0.1, 0.15) is 0 Å². The molecule has 0 aromatic rings. The van der Waals surface area contributed by atoms with Crippen molar-refractivity contribution < 1.29 is 30.4 Å². The van der Waals surface area contributed by atoms with Crippen LogP contribution in [0.2, 0.25) is 0 Å². The Morgan fingerprint density at radius 3 is 1.27 bits per heavy atom. The minimum Gasteiger partial charge on any atom is -0.205 e. The molecule has 0 fully saturated rings. The van der Waals surface area contributed by atoms with Crippen LogP contribution in [0.15, 0.2) is 0 Å². The minimum absolute atomic E-state index is 3.81. The summed E-state index contributed by atoms with van der Waals surface area (Å²) < 4.78 is 75.7. The quantitative estimate of drug-likeness (QED) is 0.496. The molecule has 68 valence electrons. The Kier molecular flexibility index (Phi) is 2.42. The van der Waals surface area contributed by atoms with Gasteiger partial charge in [-0.2, -0.15) is 22.0 Å². The maximum absolute atomic E-state index is 11.6. The second-order valence-corrected chi connectivity index (χ2v) is 4.06. The fraction of sp³-hybridized carbons (Fsp3) is 1.00. The fourth-order valence-electron chi connectivity index (χ4n) is 0.138. The maximum Gasteiger partial charge on any atom is 0.470 e. The van der Waals surface area contributed by atoms with E-state index < -0.39 is 20.5 Å². The molecule has 0 bridgehead atoms. The monoisotopic (exact) mass is 218 g/mol. The second kappa shape index (κ2) is 2.44. The molecule has 0 spiro atoms. The molecule has 0 aromatic heterocycles. The maximum atomic E-state index is 11.6. The first-order valence-electron chi connectivity index (χ1n) is 1.89. The normalized spacial score (nSPS) is 15.1. The van der Waals surface area contributed by atoms with Gasteiger partial charge in [0.05, 0.1) is 0 Å². The van der Waals surface area contributed by atoms with Crippen LogP contribution in [0.5, 0.6) is 0 Å². The Morgan fingerprint density at radius 2 is 1.27 bits per heavy atom. The van der Waals surface area contributed by atoms with Crippen molar-refractivity contribution >= 4 is 19.7 Å². The highest BCUT2D eigenvalue weighted by Gasteiger charge is 2.66. The molecule has 11 heavy (non-hydrogen) atoms. The van der Waals surface area contributed by atoms with Gasteiger partial charge in [0.25, 0.3) is 0 Å². The molecule has 0 radical (unpaired) electrons. The summed E-state index contributed by atoms with van der Waals surface area (Å²) in [6.45, 7) is 0. The highest BCUT2D eigenvalue weighted by molar-refractivity contribution is 8.14. The fourth-order valence-corrected chi connectivity index (χ4v) is 0.677. The molecule has 0 heterocycles. The molecule has 0 atom stereocenters. The molecule has 0 aliphatic heterocycles. The van der Waals surface area contributed by atoms with E-state index in [0.29, 0.717) is 0 Å². The largest absolute Gasteiger partial charge is 0.470 e. The Morgan fingerprint density at radius 1 is 1.00 bits per heavy atom. The van der Waals surface area contributed by atoms with Crippen LogP contribution in [0, 0.1) is 0 Å². The molecule has 0 rings (SSSR count). The molecule has 9 heteroatoms. The average Bonchev–Trinajstić information content (AvgIpc) is 1.58. The van der Waals surface area contributed by atoms with Gasteiger partial charge in [-0.15, -0.1) is 0 Å². The third-order valence-electron chi connectivity index (χ3n) is 0.636. The molecule has 0 aliphatic carbocycles. The smallest absolute Gasteiger partial charge is 0.205 e. The van der Waals surface area contributed by atoms with Crippen molar-refractivity contribution in [3.05, 3.63) is 0 Å². The van der Waals surface area contributed by atoms with Crippen molar-refractivity contribution in [3.8, 4) is 0 Å². The summed E-state index contributed by atoms with van der Waals surface area (Å²) in [6.07, 6.45) is -6.17. The van der Waals surface area contributed by atoms with E-state index in [4.69, 9.17) is 0 Å². The first-order chi connectivity index (χ1) is 4.50. The standard InChI is InChI=1S/C2ClF5O2S/c3-11(9,10)2(7,8)1(4,5)6. The van der Waals surface area contributed by atoms with Gasteiger partial charge in [0.15, 0.2) is 0 Å². The van der Waals surface area contributed by atoms with Crippen LogP contribution in [-0.2, 0) is 9.05 Å². The Balaban J connectivity index is 5.08. The van der Waals surface area contributed by atoms with Crippen molar-refractivity contribution in [3.63, 3.8) is 0 Å². The molecule has 0 saturated carbocycles. The molecule has 0 N–H and O–H groups in total. The second-order valence-electron chi connectivity index (χ2n) is 1.45. The summed E-state index contributed by atoms with van der Waals surface area (Å²) >= 11 is 0. The van der Waals surface area contributed by atoms with Crippen molar-refractivity contribution in [2.45, 2.75) is 11.4 Å². The third kappa shape index (κ3) is 1.92. The van der Waals surface area contributed by atoms with Gasteiger partial charge in [-0.25, -0.2) is 8.42 Å². The van der Waals surface area contributed by atoms with E-state index in [2.05, 4.69) is 10.7 Å². The van der Waals surface area contributed by atoms with Crippen LogP contribution in [-0.4, -0.2) is 19.8 Å². The van der Waals surface area contributed by atoms with Gasteiger partial charge in [-0.1, -0.05) is 0 Å². The summed E-state index contributed by atoms with van der Waals surface area (Å²) in [5.74, 6) is 0. The van der Waals surface area contributed by atoms with Crippen LogP contribution in [0.3, 0.4) is 0 Å². The van der Waals surface area contributed by atoms with Gasteiger partial charge in [-0.3, -0.25) is 0 Å². The van der Waals surface area contributed by atoms with E-state index in [-0.39, 0.29) is 0 Å². The van der Waals surface area contributed by atoms with E-state index >= 15 is 0 Å². The first-order valence-corrected chi connectivity index (χ1v) is 4.20. The molecule has 0 aliphatic rings. The zero-order valence-electron chi connectivity index (χ0n) is 4.49. The number of alkyl halides is 5. The van der Waals surface area contributed by atoms with Gasteiger partial charge in [0, 0.05) is 10.7 Å². The number of hydrogen-bond donors (Lipinski definition) is 0. The molecular formula is C2ClF5O2S. The lowest BCUT2D eigenvalue weighted by molar-refractivity contribution is -0.240. The van der Waals surface area contributed by atoms with Crippen molar-refractivity contribution in [1.29, 1.82) is 0 Å². The lowest BCUT2D eigenvalue weighted by Gasteiger charge is -2.14. The molecule has 0 amide bonds. The van der Waals surface area contributed by atoms with E-state index in [1.807, 2.05) is 0 Å². The van der Waals surface area contributed by atoms with Gasteiger partial charge in [0.1, 0.15) is 0 Å². The number of halogens is 6. The average molecular weight is 219 g/mol. The molecular weight excluding hydrogens is 219 g/mol. The van der Waals surface area contributed by atoms with E-state index in [0.717, 1.165) is 0 Å². The highest BCUT2D eigenvalue weighted by Crippen LogP contribution is 2.41. The Bertz CT molecular complexity index is 240. The zero-order chi connectivity index (χ0) is 9.50. The summed E-state index contributed by atoms with van der Waals surface area (Å²) in [4.78, 5) is 0. The first kappa shape index (κ1) is 10.9. The number of rotatable bonds is 1. The van der Waals surface area contributed by atoms with Gasteiger partial charge >= 0.3 is 20.5 Å². The predicted octanol–water partition coefficient (Wildman–Crippen LogP) is 1.71. The van der Waals surface area contributed by atoms with Crippen molar-refractivity contribution in [2.24, 2.45) is 0 Å². The van der Waals surface area contributed by atoms with Crippen LogP contribution < -0.4 is 0 Å². The van der Waals surface area contributed by atoms with Crippen molar-refractivity contribution in [2.75, 3.05) is 0 Å². The zero-order valence-corrected chi connectivity index (χ0v) is 6.06. The van der Waals surface area contributed by atoms with Crippen molar-refractivity contribution in [1.82, 2.24) is 0 Å². The van der Waals surface area contributed by atoms with Crippen LogP contribution in [0.4, 0.5) is 22.0 Å². The Hall–Kier alpha value is -0.110. The van der Waals surface area contributed by atoms with Gasteiger partial charge in [-0.05, 0) is 0 Å².